The molecular weight excluding hydrogens is 362 g/mol. The van der Waals surface area contributed by atoms with Gasteiger partial charge in [-0.05, 0) is 60.0 Å². The van der Waals surface area contributed by atoms with Crippen molar-refractivity contribution in [3.8, 4) is 5.75 Å². The van der Waals surface area contributed by atoms with Gasteiger partial charge in [0, 0.05) is 6.21 Å². The number of aromatic carboxylic acids is 1. The number of carboxylic acids is 1. The molecule has 3 rings (SSSR count). The molecule has 0 fully saturated rings. The van der Waals surface area contributed by atoms with Gasteiger partial charge in [0.2, 0.25) is 0 Å². The summed E-state index contributed by atoms with van der Waals surface area (Å²) in [5.41, 5.74) is 4.00. The first-order valence-electron chi connectivity index (χ1n) is 8.37. The summed E-state index contributed by atoms with van der Waals surface area (Å²) in [7, 11) is 0. The molecule has 0 aromatic heterocycles. The molecule has 0 aliphatic heterocycles. The van der Waals surface area contributed by atoms with Gasteiger partial charge in [0.1, 0.15) is 12.4 Å². The average molecular weight is 380 g/mol. The quantitative estimate of drug-likeness (QED) is 0.561. The normalized spacial score (nSPS) is 10.9. The Hall–Kier alpha value is -3.11. The fourth-order valence-corrected chi connectivity index (χ4v) is 2.71. The van der Waals surface area contributed by atoms with Crippen LogP contribution in [0.2, 0.25) is 5.02 Å². The molecule has 0 aliphatic carbocycles. The van der Waals surface area contributed by atoms with Gasteiger partial charge in [0.15, 0.2) is 0 Å². The molecule has 0 radical (unpaired) electrons. The molecule has 0 amide bonds. The Labute approximate surface area is 162 Å². The fourth-order valence-electron chi connectivity index (χ4n) is 2.47. The van der Waals surface area contributed by atoms with Crippen LogP contribution in [-0.2, 0) is 6.61 Å². The van der Waals surface area contributed by atoms with Crippen molar-refractivity contribution in [2.75, 3.05) is 0 Å². The molecule has 0 heterocycles. The van der Waals surface area contributed by atoms with Crippen LogP contribution in [0.4, 0.5) is 5.69 Å². The molecule has 1 N–H and O–H groups in total. The maximum atomic E-state index is 10.9. The molecule has 27 heavy (non-hydrogen) atoms. The Morgan fingerprint density at radius 3 is 2.52 bits per heavy atom. The molecule has 0 spiro atoms. The van der Waals surface area contributed by atoms with E-state index in [0.29, 0.717) is 17.4 Å². The lowest BCUT2D eigenvalue weighted by Gasteiger charge is -2.09. The van der Waals surface area contributed by atoms with Gasteiger partial charge < -0.3 is 9.84 Å². The molecule has 0 aliphatic rings. The molecule has 0 saturated carbocycles. The molecule has 0 bridgehead atoms. The number of rotatable bonds is 6. The fraction of sp³-hybridized carbons (Fsp3) is 0.0909. The van der Waals surface area contributed by atoms with Gasteiger partial charge in [-0.3, -0.25) is 4.99 Å². The highest BCUT2D eigenvalue weighted by molar-refractivity contribution is 6.32. The molecule has 0 saturated heterocycles. The van der Waals surface area contributed by atoms with Crippen LogP contribution < -0.4 is 4.74 Å². The van der Waals surface area contributed by atoms with Gasteiger partial charge >= 0.3 is 5.97 Å². The summed E-state index contributed by atoms with van der Waals surface area (Å²) in [6.07, 6.45) is 1.77. The minimum atomic E-state index is -0.950. The number of halogens is 1. The van der Waals surface area contributed by atoms with E-state index in [2.05, 4.69) is 4.99 Å². The summed E-state index contributed by atoms with van der Waals surface area (Å²) in [6, 6.07) is 19.9. The van der Waals surface area contributed by atoms with Crippen molar-refractivity contribution >= 4 is 29.5 Å². The summed E-state index contributed by atoms with van der Waals surface area (Å²) in [6.45, 7) is 2.32. The van der Waals surface area contributed by atoms with Crippen molar-refractivity contribution in [3.63, 3.8) is 0 Å². The minimum absolute atomic E-state index is 0.245. The largest absolute Gasteiger partial charge is 0.487 e. The van der Waals surface area contributed by atoms with Gasteiger partial charge in [0.05, 0.1) is 16.3 Å². The Morgan fingerprint density at radius 1 is 1.11 bits per heavy atom. The number of hydrogen-bond acceptors (Lipinski definition) is 3. The van der Waals surface area contributed by atoms with Crippen LogP contribution in [0, 0.1) is 6.92 Å². The van der Waals surface area contributed by atoms with Crippen LogP contribution in [0.15, 0.2) is 71.7 Å². The molecule has 5 heteroatoms. The van der Waals surface area contributed by atoms with Crippen LogP contribution in [-0.4, -0.2) is 17.3 Å². The molecule has 0 atom stereocenters. The number of aliphatic imine (C=N–C) groups is 1. The van der Waals surface area contributed by atoms with Crippen LogP contribution in [0.5, 0.6) is 5.75 Å². The second kappa shape index (κ2) is 8.52. The summed E-state index contributed by atoms with van der Waals surface area (Å²) in [5, 5.41) is 9.41. The standard InChI is InChI=1S/C22H18ClNO3/c1-15-4-2-3-5-20(15)24-13-17-8-11-21(19(23)12-17)27-14-16-6-9-18(10-7-16)22(25)26/h2-13H,14H2,1H3,(H,25,26). The Balaban J connectivity index is 1.66. The van der Waals surface area contributed by atoms with Crippen molar-refractivity contribution in [1.82, 2.24) is 0 Å². The molecule has 3 aromatic rings. The number of hydrogen-bond donors (Lipinski definition) is 1. The van der Waals surface area contributed by atoms with E-state index < -0.39 is 5.97 Å². The smallest absolute Gasteiger partial charge is 0.335 e. The van der Waals surface area contributed by atoms with Gasteiger partial charge in [0.25, 0.3) is 0 Å². The van der Waals surface area contributed by atoms with E-state index in [1.165, 1.54) is 0 Å². The first-order valence-corrected chi connectivity index (χ1v) is 8.75. The predicted octanol–water partition coefficient (Wildman–Crippen LogP) is 5.68. The van der Waals surface area contributed by atoms with E-state index in [1.54, 1.807) is 42.6 Å². The lowest BCUT2D eigenvalue weighted by molar-refractivity contribution is 0.0697. The molecule has 0 unspecified atom stereocenters. The Kier molecular flexibility index (Phi) is 5.89. The van der Waals surface area contributed by atoms with Gasteiger partial charge in [-0.15, -0.1) is 0 Å². The van der Waals surface area contributed by atoms with Gasteiger partial charge in [-0.25, -0.2) is 4.79 Å². The first kappa shape index (κ1) is 18.7. The highest BCUT2D eigenvalue weighted by Crippen LogP contribution is 2.26. The third kappa shape index (κ3) is 4.96. The van der Waals surface area contributed by atoms with Crippen LogP contribution in [0.25, 0.3) is 0 Å². The number of aryl methyl sites for hydroxylation is 1. The topological polar surface area (TPSA) is 58.9 Å². The number of benzene rings is 3. The summed E-state index contributed by atoms with van der Waals surface area (Å²) in [4.78, 5) is 15.4. The van der Waals surface area contributed by atoms with Crippen molar-refractivity contribution in [2.24, 2.45) is 4.99 Å². The number of nitrogens with zero attached hydrogens (tertiary/aromatic N) is 1. The second-order valence-electron chi connectivity index (χ2n) is 6.03. The van der Waals surface area contributed by atoms with E-state index in [4.69, 9.17) is 21.4 Å². The number of ether oxygens (including phenoxy) is 1. The minimum Gasteiger partial charge on any atom is -0.487 e. The average Bonchev–Trinajstić information content (AvgIpc) is 2.67. The van der Waals surface area contributed by atoms with Crippen LogP contribution in [0.3, 0.4) is 0 Å². The highest BCUT2D eigenvalue weighted by atomic mass is 35.5. The Morgan fingerprint density at radius 2 is 1.85 bits per heavy atom. The third-order valence-corrected chi connectivity index (χ3v) is 4.31. The summed E-state index contributed by atoms with van der Waals surface area (Å²) < 4.78 is 5.74. The maximum Gasteiger partial charge on any atom is 0.335 e. The van der Waals surface area contributed by atoms with Crippen LogP contribution in [0.1, 0.15) is 27.0 Å². The van der Waals surface area contributed by atoms with Crippen molar-refractivity contribution in [1.29, 1.82) is 0 Å². The van der Waals surface area contributed by atoms with E-state index in [9.17, 15) is 4.79 Å². The SMILES string of the molecule is Cc1ccccc1N=Cc1ccc(OCc2ccc(C(=O)O)cc2)c(Cl)c1. The van der Waals surface area contributed by atoms with E-state index in [0.717, 1.165) is 22.4 Å². The van der Waals surface area contributed by atoms with E-state index in [-0.39, 0.29) is 5.56 Å². The highest BCUT2D eigenvalue weighted by Gasteiger charge is 2.05. The molecule has 4 nitrogen and oxygen atoms in total. The number of carbonyl (C=O) groups is 1. The van der Waals surface area contributed by atoms with E-state index in [1.807, 2.05) is 37.3 Å². The van der Waals surface area contributed by atoms with Crippen molar-refractivity contribution in [2.45, 2.75) is 13.5 Å². The first-order chi connectivity index (χ1) is 13.0. The lowest BCUT2D eigenvalue weighted by atomic mass is 10.1. The van der Waals surface area contributed by atoms with Crippen molar-refractivity contribution in [3.05, 3.63) is 94.0 Å². The third-order valence-electron chi connectivity index (χ3n) is 4.02. The second-order valence-corrected chi connectivity index (χ2v) is 6.43. The maximum absolute atomic E-state index is 10.9. The zero-order chi connectivity index (χ0) is 19.2. The number of carboxylic acid groups (broad SMARTS) is 1. The van der Waals surface area contributed by atoms with Gasteiger partial charge in [-0.2, -0.15) is 0 Å². The van der Waals surface area contributed by atoms with E-state index >= 15 is 0 Å². The van der Waals surface area contributed by atoms with Crippen LogP contribution >= 0.6 is 11.6 Å². The zero-order valence-corrected chi connectivity index (χ0v) is 15.5. The number of para-hydroxylation sites is 1. The Bertz CT molecular complexity index is 981. The van der Waals surface area contributed by atoms with Crippen molar-refractivity contribution < 1.29 is 14.6 Å². The van der Waals surface area contributed by atoms with Gasteiger partial charge in [-0.1, -0.05) is 41.9 Å². The zero-order valence-electron chi connectivity index (χ0n) is 14.7. The molecular formula is C22H18ClNO3. The predicted molar refractivity (Wildman–Crippen MR) is 108 cm³/mol. The molecule has 136 valence electrons. The molecule has 3 aromatic carbocycles. The summed E-state index contributed by atoms with van der Waals surface area (Å²) in [5.74, 6) is -0.388. The monoisotopic (exact) mass is 379 g/mol. The lowest BCUT2D eigenvalue weighted by Crippen LogP contribution is -1.99. The summed E-state index contributed by atoms with van der Waals surface area (Å²) >= 11 is 6.31.